The van der Waals surface area contributed by atoms with E-state index in [1.807, 2.05) is 27.7 Å². The lowest BCUT2D eigenvalue weighted by atomic mass is 9.70. The fourth-order valence-corrected chi connectivity index (χ4v) is 7.13. The van der Waals surface area contributed by atoms with Crippen LogP contribution >= 0.6 is 15.9 Å². The van der Waals surface area contributed by atoms with Crippen molar-refractivity contribution >= 4 is 39.3 Å². The zero-order valence-corrected chi connectivity index (χ0v) is 24.3. The molecule has 9 nitrogen and oxygen atoms in total. The maximum absolute atomic E-state index is 14.0. The Kier molecular flexibility index (Phi) is 8.74. The Labute approximate surface area is 233 Å². The molecule has 3 fully saturated rings. The van der Waals surface area contributed by atoms with Crippen molar-refractivity contribution in [2.45, 2.75) is 87.9 Å². The van der Waals surface area contributed by atoms with Gasteiger partial charge in [-0.15, -0.1) is 0 Å². The van der Waals surface area contributed by atoms with Gasteiger partial charge in [-0.25, -0.2) is 0 Å². The van der Waals surface area contributed by atoms with Crippen molar-refractivity contribution in [1.29, 1.82) is 0 Å². The number of fused-ring (bicyclic) bond motifs is 1. The number of aliphatic hydroxyl groups excluding tert-OH is 1. The number of halogens is 1. The molecule has 2 bridgehead atoms. The van der Waals surface area contributed by atoms with Crippen LogP contribution in [-0.4, -0.2) is 75.6 Å². The van der Waals surface area contributed by atoms with Crippen LogP contribution in [0, 0.1) is 11.8 Å². The molecule has 1 aromatic rings. The smallest absolute Gasteiger partial charge is 0.246 e. The summed E-state index contributed by atoms with van der Waals surface area (Å²) in [6, 6.07) is 6.31. The van der Waals surface area contributed by atoms with Gasteiger partial charge in [0.25, 0.3) is 0 Å². The molecule has 38 heavy (non-hydrogen) atoms. The van der Waals surface area contributed by atoms with E-state index < -0.39 is 35.1 Å². The van der Waals surface area contributed by atoms with Gasteiger partial charge in [0, 0.05) is 29.2 Å². The van der Waals surface area contributed by atoms with Gasteiger partial charge in [0.15, 0.2) is 0 Å². The normalized spacial score (nSPS) is 29.9. The number of hydrogen-bond donors (Lipinski definition) is 3. The summed E-state index contributed by atoms with van der Waals surface area (Å²) in [4.78, 5) is 42.8. The third-order valence-electron chi connectivity index (χ3n) is 7.58. The number of hydrogen-bond acceptors (Lipinski definition) is 6. The van der Waals surface area contributed by atoms with Gasteiger partial charge in [0.05, 0.1) is 24.5 Å². The molecule has 0 aliphatic carbocycles. The van der Waals surface area contributed by atoms with Gasteiger partial charge in [-0.05, 0) is 71.2 Å². The summed E-state index contributed by atoms with van der Waals surface area (Å²) >= 11 is 3.70. The molecule has 3 aliphatic heterocycles. The first-order valence-corrected chi connectivity index (χ1v) is 14.5. The van der Waals surface area contributed by atoms with Crippen LogP contribution in [0.3, 0.4) is 0 Å². The van der Waals surface area contributed by atoms with E-state index in [9.17, 15) is 14.4 Å². The third kappa shape index (κ3) is 5.58. The molecular formula is C28H40BrN3O6. The fraction of sp³-hybridized carbons (Fsp3) is 0.679. The van der Waals surface area contributed by atoms with Gasteiger partial charge in [-0.3, -0.25) is 14.4 Å². The van der Waals surface area contributed by atoms with Crippen LogP contribution in [0.5, 0.6) is 5.75 Å². The second kappa shape index (κ2) is 11.5. The standard InChI is InChI=1S/C28H40BrN3O6/c1-5-37-18-12-10-17(11-13-18)30-24(34)20-21-26(36)32(14-8-6-7-9-15-33)23(25(35)31-27(2,3)4)28(21)16-19(29)22(20)38-28/h10-13,19-23,33H,5-9,14-16H2,1-4H3,(H,30,34)(H,31,35)/t19?,20-,21-,22-,23?,28?/m0/s1. The summed E-state index contributed by atoms with van der Waals surface area (Å²) in [5, 5.41) is 15.1. The number of amides is 3. The van der Waals surface area contributed by atoms with Crippen LogP contribution in [0.2, 0.25) is 0 Å². The Hall–Kier alpha value is -2.17. The first-order valence-electron chi connectivity index (χ1n) is 13.6. The monoisotopic (exact) mass is 593 g/mol. The first-order chi connectivity index (χ1) is 18.0. The number of likely N-dealkylation sites (tertiary alicyclic amines) is 1. The molecular weight excluding hydrogens is 554 g/mol. The molecule has 0 saturated carbocycles. The molecule has 3 aliphatic rings. The highest BCUT2D eigenvalue weighted by atomic mass is 79.9. The summed E-state index contributed by atoms with van der Waals surface area (Å²) in [5.41, 5.74) is -0.956. The molecule has 1 aromatic carbocycles. The van der Waals surface area contributed by atoms with Gasteiger partial charge in [-0.1, -0.05) is 28.8 Å². The van der Waals surface area contributed by atoms with Crippen LogP contribution in [0.4, 0.5) is 5.69 Å². The van der Waals surface area contributed by atoms with Gasteiger partial charge >= 0.3 is 0 Å². The summed E-state index contributed by atoms with van der Waals surface area (Å²) in [6.07, 6.45) is 3.06. The number of rotatable bonds is 11. The highest BCUT2D eigenvalue weighted by molar-refractivity contribution is 9.09. The number of aliphatic hydroxyl groups is 1. The lowest BCUT2D eigenvalue weighted by Gasteiger charge is -2.36. The van der Waals surface area contributed by atoms with E-state index in [1.54, 1.807) is 29.2 Å². The number of unbranched alkanes of at least 4 members (excludes halogenated alkanes) is 3. The molecule has 0 radical (unpaired) electrons. The van der Waals surface area contributed by atoms with Gasteiger partial charge in [0.1, 0.15) is 17.4 Å². The Morgan fingerprint density at radius 1 is 1.16 bits per heavy atom. The number of nitrogens with one attached hydrogen (secondary N) is 2. The topological polar surface area (TPSA) is 117 Å². The third-order valence-corrected chi connectivity index (χ3v) is 8.42. The second-order valence-electron chi connectivity index (χ2n) is 11.5. The average molecular weight is 595 g/mol. The molecule has 3 amide bonds. The molecule has 10 heteroatoms. The predicted molar refractivity (Wildman–Crippen MR) is 147 cm³/mol. The van der Waals surface area contributed by atoms with Crippen molar-refractivity contribution in [1.82, 2.24) is 10.2 Å². The number of carbonyl (C=O) groups is 3. The molecule has 3 heterocycles. The van der Waals surface area contributed by atoms with Crippen LogP contribution in [0.25, 0.3) is 0 Å². The minimum absolute atomic E-state index is 0.136. The van der Waals surface area contributed by atoms with Crippen molar-refractivity contribution < 1.29 is 29.0 Å². The van der Waals surface area contributed by atoms with Crippen molar-refractivity contribution in [3.8, 4) is 5.75 Å². The number of ether oxygens (including phenoxy) is 2. The van der Waals surface area contributed by atoms with E-state index in [0.29, 0.717) is 43.9 Å². The summed E-state index contributed by atoms with van der Waals surface area (Å²) in [5.74, 6) is -1.50. The molecule has 1 spiro atoms. The molecule has 3 N–H and O–H groups in total. The minimum Gasteiger partial charge on any atom is -0.494 e. The number of benzene rings is 1. The molecule has 0 aromatic heterocycles. The SMILES string of the molecule is CCOc1ccc(NC(=O)[C@H]2[C@H]3C(=O)N(CCCCCCO)C(C(=O)NC(C)(C)C)C34CC(Br)[C@@H]2O4)cc1. The number of nitrogens with zero attached hydrogens (tertiary/aromatic N) is 1. The zero-order chi connectivity index (χ0) is 27.7. The van der Waals surface area contributed by atoms with E-state index in [4.69, 9.17) is 14.6 Å². The average Bonchev–Trinajstić information content (AvgIpc) is 3.42. The Bertz CT molecular complexity index is 1030. The highest BCUT2D eigenvalue weighted by Crippen LogP contribution is 2.60. The van der Waals surface area contributed by atoms with Gasteiger partial charge in [0.2, 0.25) is 17.7 Å². The molecule has 210 valence electrons. The van der Waals surface area contributed by atoms with Crippen LogP contribution < -0.4 is 15.4 Å². The van der Waals surface area contributed by atoms with Crippen LogP contribution in [-0.2, 0) is 19.1 Å². The van der Waals surface area contributed by atoms with Crippen molar-refractivity contribution in [3.63, 3.8) is 0 Å². The van der Waals surface area contributed by atoms with Crippen molar-refractivity contribution in [2.75, 3.05) is 25.1 Å². The van der Waals surface area contributed by atoms with E-state index in [0.717, 1.165) is 12.8 Å². The van der Waals surface area contributed by atoms with Crippen molar-refractivity contribution in [2.24, 2.45) is 11.8 Å². The quantitative estimate of drug-likeness (QED) is 0.268. The zero-order valence-electron chi connectivity index (χ0n) is 22.7. The lowest BCUT2D eigenvalue weighted by molar-refractivity contribution is -0.142. The Morgan fingerprint density at radius 3 is 2.47 bits per heavy atom. The Balaban J connectivity index is 1.60. The first kappa shape index (κ1) is 28.8. The molecule has 3 saturated heterocycles. The van der Waals surface area contributed by atoms with Gasteiger partial charge in [-0.2, -0.15) is 0 Å². The maximum atomic E-state index is 14.0. The highest BCUT2D eigenvalue weighted by Gasteiger charge is 2.76. The lowest BCUT2D eigenvalue weighted by Crippen LogP contribution is -2.58. The Morgan fingerprint density at radius 2 is 1.84 bits per heavy atom. The summed E-state index contributed by atoms with van der Waals surface area (Å²) in [7, 11) is 0. The summed E-state index contributed by atoms with van der Waals surface area (Å²) in [6.45, 7) is 8.71. The van der Waals surface area contributed by atoms with E-state index in [1.165, 1.54) is 0 Å². The molecule has 4 rings (SSSR count). The minimum atomic E-state index is -1.07. The molecule has 6 atom stereocenters. The van der Waals surface area contributed by atoms with E-state index >= 15 is 0 Å². The van der Waals surface area contributed by atoms with E-state index in [2.05, 4.69) is 26.6 Å². The second-order valence-corrected chi connectivity index (χ2v) is 12.7. The fourth-order valence-electron chi connectivity index (χ4n) is 6.18. The van der Waals surface area contributed by atoms with Gasteiger partial charge < -0.3 is 30.1 Å². The van der Waals surface area contributed by atoms with Crippen LogP contribution in [0.1, 0.15) is 59.8 Å². The number of carbonyl (C=O) groups excluding carboxylic acids is 3. The largest absolute Gasteiger partial charge is 0.494 e. The maximum Gasteiger partial charge on any atom is 0.246 e. The molecule has 3 unspecified atom stereocenters. The predicted octanol–water partition coefficient (Wildman–Crippen LogP) is 3.24. The van der Waals surface area contributed by atoms with Crippen molar-refractivity contribution in [3.05, 3.63) is 24.3 Å². The summed E-state index contributed by atoms with van der Waals surface area (Å²) < 4.78 is 12.0. The van der Waals surface area contributed by atoms with E-state index in [-0.39, 0.29) is 29.2 Å². The number of alkyl halides is 1. The van der Waals surface area contributed by atoms with Crippen LogP contribution in [0.15, 0.2) is 24.3 Å². The number of anilines is 1.